The van der Waals surface area contributed by atoms with Gasteiger partial charge in [0.15, 0.2) is 0 Å². The second-order valence-electron chi connectivity index (χ2n) is 11.0. The molecule has 0 saturated heterocycles. The van der Waals surface area contributed by atoms with Crippen LogP contribution in [0.2, 0.25) is 0 Å². The first-order chi connectivity index (χ1) is 13.0. The van der Waals surface area contributed by atoms with E-state index in [9.17, 15) is 13.5 Å². The van der Waals surface area contributed by atoms with Gasteiger partial charge in [0.05, 0.1) is 17.6 Å². The van der Waals surface area contributed by atoms with Crippen LogP contribution in [0.5, 0.6) is 0 Å². The summed E-state index contributed by atoms with van der Waals surface area (Å²) in [5, 5.41) is 15.5. The van der Waals surface area contributed by atoms with E-state index in [0.717, 1.165) is 43.4 Å². The van der Waals surface area contributed by atoms with Crippen LogP contribution in [0.4, 0.5) is 0 Å². The Balaban J connectivity index is 1.49. The van der Waals surface area contributed by atoms with Crippen molar-refractivity contribution in [1.82, 2.24) is 9.19 Å². The third kappa shape index (κ3) is 2.39. The quantitative estimate of drug-likeness (QED) is 0.776. The molecule has 1 heterocycles. The van der Waals surface area contributed by atoms with Crippen molar-refractivity contribution in [1.29, 1.82) is 0 Å². The molecule has 156 valence electrons. The number of hydrogen-bond acceptors (Lipinski definition) is 4. The highest BCUT2D eigenvalue weighted by Gasteiger charge is 2.63. The Morgan fingerprint density at radius 1 is 1.11 bits per heavy atom. The lowest BCUT2D eigenvalue weighted by Crippen LogP contribution is -2.56. The second-order valence-corrected chi connectivity index (χ2v) is 12.9. The van der Waals surface area contributed by atoms with Crippen LogP contribution in [0.1, 0.15) is 70.6 Å². The number of aromatic nitrogens is 2. The molecule has 7 atom stereocenters. The van der Waals surface area contributed by atoms with Gasteiger partial charge in [-0.1, -0.05) is 13.8 Å². The van der Waals surface area contributed by atoms with Crippen LogP contribution in [-0.2, 0) is 22.9 Å². The molecule has 0 amide bonds. The van der Waals surface area contributed by atoms with Crippen molar-refractivity contribution in [2.75, 3.05) is 6.26 Å². The maximum absolute atomic E-state index is 12.0. The third-order valence-electron chi connectivity index (χ3n) is 9.83. The number of nitrogens with zero attached hydrogens (tertiary/aromatic N) is 2. The highest BCUT2D eigenvalue weighted by molar-refractivity contribution is 7.89. The normalized spacial score (nSPS) is 47.8. The van der Waals surface area contributed by atoms with Crippen LogP contribution in [0.3, 0.4) is 0 Å². The summed E-state index contributed by atoms with van der Waals surface area (Å²) in [6.07, 6.45) is 11.7. The van der Waals surface area contributed by atoms with Gasteiger partial charge in [0.2, 0.25) is 0 Å². The number of aliphatic hydroxyl groups is 1. The van der Waals surface area contributed by atoms with Gasteiger partial charge in [0.25, 0.3) is 10.0 Å². The molecule has 0 aromatic carbocycles. The topological polar surface area (TPSA) is 72.2 Å². The van der Waals surface area contributed by atoms with Gasteiger partial charge in [-0.05, 0) is 98.4 Å². The van der Waals surface area contributed by atoms with E-state index in [0.29, 0.717) is 23.7 Å². The maximum atomic E-state index is 12.0. The summed E-state index contributed by atoms with van der Waals surface area (Å²) in [7, 11) is -3.33. The molecule has 3 saturated carbocycles. The van der Waals surface area contributed by atoms with Crippen LogP contribution in [-0.4, -0.2) is 34.6 Å². The molecule has 0 aliphatic heterocycles. The molecule has 1 aromatic heterocycles. The second kappa shape index (κ2) is 5.63. The summed E-state index contributed by atoms with van der Waals surface area (Å²) in [5.74, 6) is 2.59. The monoisotopic (exact) mass is 406 g/mol. The van der Waals surface area contributed by atoms with E-state index in [1.165, 1.54) is 29.6 Å². The predicted octanol–water partition coefficient (Wildman–Crippen LogP) is 3.40. The molecule has 0 unspecified atom stereocenters. The fourth-order valence-corrected chi connectivity index (χ4v) is 8.51. The van der Waals surface area contributed by atoms with Crippen LogP contribution in [0.15, 0.2) is 6.20 Å². The van der Waals surface area contributed by atoms with Gasteiger partial charge in [-0.15, -0.1) is 0 Å². The first kappa shape index (κ1) is 19.1. The first-order valence-electron chi connectivity index (χ1n) is 11.0. The van der Waals surface area contributed by atoms with E-state index in [4.69, 9.17) is 0 Å². The van der Waals surface area contributed by atoms with Crippen molar-refractivity contribution in [3.63, 3.8) is 0 Å². The summed E-state index contributed by atoms with van der Waals surface area (Å²) >= 11 is 0. The maximum Gasteiger partial charge on any atom is 0.250 e. The van der Waals surface area contributed by atoms with Gasteiger partial charge in [0, 0.05) is 6.20 Å². The standard InChI is InChI=1S/C22H34N2O3S/c1-20-12-14-13-24(28(4,26)27)23-19(14)11-15(20)5-6-16-17(20)7-9-21(2)18(16)8-10-22(21,3)25/h13,15-18,25H,5-12H2,1-4H3/t15-,16+,17-,18-,20-,21-,22-/m0/s1. The lowest BCUT2D eigenvalue weighted by atomic mass is 9.44. The van der Waals surface area contributed by atoms with E-state index in [2.05, 4.69) is 25.9 Å². The van der Waals surface area contributed by atoms with Crippen LogP contribution in [0, 0.1) is 34.5 Å². The van der Waals surface area contributed by atoms with Gasteiger partial charge in [0.1, 0.15) is 0 Å². The minimum atomic E-state index is -3.33. The molecule has 0 bridgehead atoms. The van der Waals surface area contributed by atoms with Crippen LogP contribution < -0.4 is 0 Å². The summed E-state index contributed by atoms with van der Waals surface area (Å²) < 4.78 is 25.1. The molecule has 6 heteroatoms. The Morgan fingerprint density at radius 3 is 2.54 bits per heavy atom. The van der Waals surface area contributed by atoms with E-state index in [-0.39, 0.29) is 10.8 Å². The van der Waals surface area contributed by atoms with Crippen molar-refractivity contribution in [3.8, 4) is 0 Å². The zero-order valence-corrected chi connectivity index (χ0v) is 18.4. The van der Waals surface area contributed by atoms with Crippen molar-refractivity contribution < 1.29 is 13.5 Å². The number of rotatable bonds is 1. The molecule has 0 spiro atoms. The van der Waals surface area contributed by atoms with Gasteiger partial charge < -0.3 is 5.11 Å². The zero-order valence-electron chi connectivity index (χ0n) is 17.6. The lowest BCUT2D eigenvalue weighted by molar-refractivity contribution is -0.139. The van der Waals surface area contributed by atoms with Gasteiger partial charge >= 0.3 is 0 Å². The zero-order chi connectivity index (χ0) is 20.1. The SMILES string of the molecule is C[C@]12Cc3cn(S(C)(=O)=O)nc3C[C@@H]1CC[C@@H]1[C@@H]2CC[C@@]2(C)[C@H]1CC[C@]2(C)O. The van der Waals surface area contributed by atoms with E-state index < -0.39 is 15.6 Å². The van der Waals surface area contributed by atoms with E-state index >= 15 is 0 Å². The van der Waals surface area contributed by atoms with Crippen LogP contribution in [0.25, 0.3) is 0 Å². The Kier molecular flexibility index (Phi) is 3.84. The minimum Gasteiger partial charge on any atom is -0.390 e. The Morgan fingerprint density at radius 2 is 1.82 bits per heavy atom. The fraction of sp³-hybridized carbons (Fsp3) is 0.864. The van der Waals surface area contributed by atoms with Crippen molar-refractivity contribution >= 4 is 10.0 Å². The lowest BCUT2D eigenvalue weighted by Gasteiger charge is -2.60. The average molecular weight is 407 g/mol. The van der Waals surface area contributed by atoms with Crippen molar-refractivity contribution in [3.05, 3.63) is 17.5 Å². The molecule has 1 N–H and O–H groups in total. The largest absolute Gasteiger partial charge is 0.390 e. The molecule has 28 heavy (non-hydrogen) atoms. The van der Waals surface area contributed by atoms with Gasteiger partial charge in [-0.2, -0.15) is 9.19 Å². The van der Waals surface area contributed by atoms with E-state index in [1.807, 2.05) is 0 Å². The molecule has 3 fully saturated rings. The molecule has 4 aliphatic carbocycles. The number of hydrogen-bond donors (Lipinski definition) is 1. The minimum absolute atomic E-state index is 0.0539. The van der Waals surface area contributed by atoms with Gasteiger partial charge in [-0.3, -0.25) is 0 Å². The Hall–Kier alpha value is -0.880. The van der Waals surface area contributed by atoms with E-state index in [1.54, 1.807) is 6.20 Å². The summed E-state index contributed by atoms with van der Waals surface area (Å²) in [4.78, 5) is 0. The number of fused-ring (bicyclic) bond motifs is 6. The molecule has 0 radical (unpaired) electrons. The van der Waals surface area contributed by atoms with Crippen molar-refractivity contribution in [2.24, 2.45) is 34.5 Å². The molecule has 5 nitrogen and oxygen atoms in total. The molecule has 5 rings (SSSR count). The van der Waals surface area contributed by atoms with Crippen molar-refractivity contribution in [2.45, 2.75) is 77.7 Å². The third-order valence-corrected chi connectivity index (χ3v) is 10.7. The Bertz CT molecular complexity index is 920. The summed E-state index contributed by atoms with van der Waals surface area (Å²) in [6, 6.07) is 0. The molecular formula is C22H34N2O3S. The highest BCUT2D eigenvalue weighted by atomic mass is 32.2. The van der Waals surface area contributed by atoms with Crippen LogP contribution >= 0.6 is 0 Å². The molecule has 1 aromatic rings. The summed E-state index contributed by atoms with van der Waals surface area (Å²) in [6.45, 7) is 6.86. The highest BCUT2D eigenvalue weighted by Crippen LogP contribution is 2.67. The Labute approximate surface area is 169 Å². The molecule has 4 aliphatic rings. The summed E-state index contributed by atoms with van der Waals surface area (Å²) in [5.41, 5.74) is 1.87. The predicted molar refractivity (Wildman–Crippen MR) is 108 cm³/mol. The smallest absolute Gasteiger partial charge is 0.250 e. The van der Waals surface area contributed by atoms with Gasteiger partial charge in [-0.25, -0.2) is 8.42 Å². The first-order valence-corrected chi connectivity index (χ1v) is 12.8. The molecular weight excluding hydrogens is 372 g/mol. The fourth-order valence-electron chi connectivity index (χ4n) is 7.94. The average Bonchev–Trinajstić information content (AvgIpc) is 3.10.